The SMILES string of the molecule is Cc1cc(F)cc(-c2ccnc3nc(-c4[nH]nc5ncc(-c6cncc(O)c6)cc45)[nH]c23)c1. The fraction of sp³-hybridized carbons (Fsp3) is 0.0417. The summed E-state index contributed by atoms with van der Waals surface area (Å²) in [5.74, 6) is 0.311. The van der Waals surface area contributed by atoms with Crippen LogP contribution in [0, 0.1) is 12.7 Å². The summed E-state index contributed by atoms with van der Waals surface area (Å²) in [5, 5.41) is 17.8. The third-order valence-corrected chi connectivity index (χ3v) is 5.45. The first-order valence-electron chi connectivity index (χ1n) is 10.2. The minimum absolute atomic E-state index is 0.0727. The first-order chi connectivity index (χ1) is 16.0. The van der Waals surface area contributed by atoms with E-state index in [0.717, 1.165) is 33.2 Å². The Kier molecular flexibility index (Phi) is 4.16. The summed E-state index contributed by atoms with van der Waals surface area (Å²) in [4.78, 5) is 20.8. The zero-order valence-electron chi connectivity index (χ0n) is 17.3. The molecule has 5 heterocycles. The molecule has 0 fully saturated rings. The summed E-state index contributed by atoms with van der Waals surface area (Å²) in [5.41, 5.74) is 6.25. The molecule has 0 bridgehead atoms. The van der Waals surface area contributed by atoms with Gasteiger partial charge in [0.25, 0.3) is 0 Å². The molecule has 1 aromatic carbocycles. The molecule has 160 valence electrons. The number of aromatic nitrogens is 7. The summed E-state index contributed by atoms with van der Waals surface area (Å²) in [6.07, 6.45) is 6.36. The summed E-state index contributed by atoms with van der Waals surface area (Å²) < 4.78 is 14.0. The normalized spacial score (nSPS) is 11.5. The number of benzene rings is 1. The average molecular weight is 437 g/mol. The molecule has 9 heteroatoms. The van der Waals surface area contributed by atoms with Crippen LogP contribution in [0.1, 0.15) is 5.56 Å². The predicted octanol–water partition coefficient (Wildman–Crippen LogP) is 4.78. The van der Waals surface area contributed by atoms with Crippen LogP contribution in [0.4, 0.5) is 4.39 Å². The van der Waals surface area contributed by atoms with Gasteiger partial charge in [0.15, 0.2) is 17.1 Å². The fourth-order valence-corrected chi connectivity index (χ4v) is 3.99. The molecule has 0 saturated heterocycles. The van der Waals surface area contributed by atoms with Crippen LogP contribution in [0.15, 0.2) is 61.2 Å². The van der Waals surface area contributed by atoms with Crippen molar-refractivity contribution in [3.63, 3.8) is 0 Å². The average Bonchev–Trinajstić information content (AvgIpc) is 3.41. The fourth-order valence-electron chi connectivity index (χ4n) is 3.99. The van der Waals surface area contributed by atoms with Crippen LogP contribution in [-0.2, 0) is 0 Å². The molecule has 5 aromatic heterocycles. The van der Waals surface area contributed by atoms with E-state index in [9.17, 15) is 9.50 Å². The van der Waals surface area contributed by atoms with Gasteiger partial charge in [0.05, 0.1) is 17.1 Å². The van der Waals surface area contributed by atoms with Crippen molar-refractivity contribution in [1.29, 1.82) is 0 Å². The number of fused-ring (bicyclic) bond motifs is 2. The number of aromatic hydroxyl groups is 1. The van der Waals surface area contributed by atoms with Gasteiger partial charge in [-0.15, -0.1) is 0 Å². The van der Waals surface area contributed by atoms with Crippen molar-refractivity contribution in [2.75, 3.05) is 0 Å². The van der Waals surface area contributed by atoms with Gasteiger partial charge in [0.1, 0.15) is 17.3 Å². The largest absolute Gasteiger partial charge is 0.506 e. The van der Waals surface area contributed by atoms with Gasteiger partial charge in [-0.3, -0.25) is 10.1 Å². The van der Waals surface area contributed by atoms with E-state index in [4.69, 9.17) is 0 Å². The number of rotatable bonds is 3. The van der Waals surface area contributed by atoms with Gasteiger partial charge in [-0.2, -0.15) is 5.10 Å². The molecular weight excluding hydrogens is 421 g/mol. The van der Waals surface area contributed by atoms with Gasteiger partial charge in [-0.25, -0.2) is 19.3 Å². The third kappa shape index (κ3) is 3.26. The van der Waals surface area contributed by atoms with E-state index in [1.807, 2.05) is 25.1 Å². The maximum Gasteiger partial charge on any atom is 0.181 e. The van der Waals surface area contributed by atoms with Gasteiger partial charge in [-0.1, -0.05) is 6.07 Å². The first-order valence-corrected chi connectivity index (χ1v) is 10.2. The molecule has 0 saturated carbocycles. The smallest absolute Gasteiger partial charge is 0.181 e. The van der Waals surface area contributed by atoms with Gasteiger partial charge >= 0.3 is 0 Å². The molecule has 0 aliphatic rings. The lowest BCUT2D eigenvalue weighted by Crippen LogP contribution is -1.86. The number of imidazole rings is 1. The predicted molar refractivity (Wildman–Crippen MR) is 122 cm³/mol. The number of pyridine rings is 3. The maximum atomic E-state index is 14.0. The Balaban J connectivity index is 1.51. The molecule has 0 spiro atoms. The Morgan fingerprint density at radius 1 is 0.909 bits per heavy atom. The van der Waals surface area contributed by atoms with Crippen molar-refractivity contribution >= 4 is 22.2 Å². The van der Waals surface area contributed by atoms with Crippen LogP contribution < -0.4 is 0 Å². The van der Waals surface area contributed by atoms with Crippen molar-refractivity contribution in [2.45, 2.75) is 6.92 Å². The minimum Gasteiger partial charge on any atom is -0.506 e. The van der Waals surface area contributed by atoms with E-state index in [1.165, 1.54) is 18.3 Å². The van der Waals surface area contributed by atoms with Gasteiger partial charge in [0, 0.05) is 35.3 Å². The van der Waals surface area contributed by atoms with Crippen molar-refractivity contribution in [3.05, 3.63) is 72.6 Å². The van der Waals surface area contributed by atoms with Crippen LogP contribution >= 0.6 is 0 Å². The molecule has 3 N–H and O–H groups in total. The van der Waals surface area contributed by atoms with Crippen LogP contribution in [0.25, 0.3) is 56.0 Å². The molecular formula is C24H16FN7O. The summed E-state index contributed by atoms with van der Waals surface area (Å²) in [6.45, 7) is 1.85. The molecule has 6 aromatic rings. The summed E-state index contributed by atoms with van der Waals surface area (Å²) in [6, 6.07) is 10.3. The van der Waals surface area contributed by atoms with Crippen molar-refractivity contribution in [1.82, 2.24) is 35.1 Å². The van der Waals surface area contributed by atoms with Crippen molar-refractivity contribution < 1.29 is 9.50 Å². The zero-order chi connectivity index (χ0) is 22.5. The molecule has 0 amide bonds. The van der Waals surface area contributed by atoms with Crippen molar-refractivity contribution in [2.24, 2.45) is 0 Å². The number of H-pyrrole nitrogens is 2. The second-order valence-corrected chi connectivity index (χ2v) is 7.79. The summed E-state index contributed by atoms with van der Waals surface area (Å²) >= 11 is 0. The van der Waals surface area contributed by atoms with Gasteiger partial charge in [0.2, 0.25) is 0 Å². The number of aromatic amines is 2. The van der Waals surface area contributed by atoms with E-state index in [0.29, 0.717) is 28.3 Å². The highest BCUT2D eigenvalue weighted by Crippen LogP contribution is 2.32. The monoisotopic (exact) mass is 437 g/mol. The Hall–Kier alpha value is -4.66. The van der Waals surface area contributed by atoms with Gasteiger partial charge in [-0.05, 0) is 48.4 Å². The van der Waals surface area contributed by atoms with E-state index < -0.39 is 0 Å². The number of nitrogens with one attached hydrogen (secondary N) is 2. The molecule has 0 aliphatic carbocycles. The third-order valence-electron chi connectivity index (χ3n) is 5.45. The lowest BCUT2D eigenvalue weighted by atomic mass is 10.0. The first kappa shape index (κ1) is 19.1. The molecule has 0 radical (unpaired) electrons. The Morgan fingerprint density at radius 3 is 2.64 bits per heavy atom. The number of hydrogen-bond acceptors (Lipinski definition) is 6. The van der Waals surface area contributed by atoms with Crippen molar-refractivity contribution in [3.8, 4) is 39.5 Å². The van der Waals surface area contributed by atoms with Crippen LogP contribution in [0.2, 0.25) is 0 Å². The molecule has 33 heavy (non-hydrogen) atoms. The number of halogens is 1. The molecule has 0 unspecified atom stereocenters. The van der Waals surface area contributed by atoms with E-state index >= 15 is 0 Å². The molecule has 0 aliphatic heterocycles. The second kappa shape index (κ2) is 7.20. The topological polar surface area (TPSA) is 116 Å². The lowest BCUT2D eigenvalue weighted by Gasteiger charge is -2.04. The lowest BCUT2D eigenvalue weighted by molar-refractivity contribution is 0.473. The van der Waals surface area contributed by atoms with E-state index in [1.54, 1.807) is 24.7 Å². The standard InChI is InChI=1S/C24H16FN7O/c1-12-4-13(6-16(25)5-12)18-2-3-27-23-20(18)29-24(30-23)21-19-8-15(10-28-22(19)32-31-21)14-7-17(33)11-26-9-14/h2-11,33H,1H3,(H,27,29,30)(H,28,31,32). The Labute approximate surface area is 186 Å². The van der Waals surface area contributed by atoms with Crippen LogP contribution in [0.5, 0.6) is 5.75 Å². The van der Waals surface area contributed by atoms with Crippen LogP contribution in [-0.4, -0.2) is 40.2 Å². The highest BCUT2D eigenvalue weighted by atomic mass is 19.1. The maximum absolute atomic E-state index is 14.0. The Morgan fingerprint density at radius 2 is 1.79 bits per heavy atom. The second-order valence-electron chi connectivity index (χ2n) is 7.79. The van der Waals surface area contributed by atoms with E-state index in [2.05, 4.69) is 35.1 Å². The quantitative estimate of drug-likeness (QED) is 0.367. The van der Waals surface area contributed by atoms with Gasteiger partial charge < -0.3 is 10.1 Å². The van der Waals surface area contributed by atoms with Crippen LogP contribution in [0.3, 0.4) is 0 Å². The highest BCUT2D eigenvalue weighted by Gasteiger charge is 2.17. The molecule has 6 rings (SSSR count). The number of nitrogens with zero attached hydrogens (tertiary/aromatic N) is 5. The summed E-state index contributed by atoms with van der Waals surface area (Å²) in [7, 11) is 0. The highest BCUT2D eigenvalue weighted by molar-refractivity contribution is 5.96. The van der Waals surface area contributed by atoms with E-state index in [-0.39, 0.29) is 11.6 Å². The number of hydrogen-bond donors (Lipinski definition) is 3. The Bertz CT molecular complexity index is 1650. The molecule has 0 atom stereocenters. The zero-order valence-corrected chi connectivity index (χ0v) is 17.3. The minimum atomic E-state index is -0.297. The molecule has 8 nitrogen and oxygen atoms in total. The number of aryl methyl sites for hydroxylation is 1.